The van der Waals surface area contributed by atoms with Gasteiger partial charge in [-0.25, -0.2) is 4.79 Å². The molecule has 0 aromatic heterocycles. The standard InChI is InChI=1S/C29H33N3O4/c1-31(19-22-10-12-23(13-11-22)29(34)35)20-25-7-5-6-18-32(25)21-28(33)30-24-14-16-27(17-15-24)36-26-8-3-2-4-9-26/h2-4,8-17,25H,5-7,18-21H2,1H3,(H,30,33)(H,34,35). The topological polar surface area (TPSA) is 82.1 Å². The van der Waals surface area contributed by atoms with Crippen molar-refractivity contribution in [1.29, 1.82) is 0 Å². The van der Waals surface area contributed by atoms with Gasteiger partial charge in [0.2, 0.25) is 5.91 Å². The van der Waals surface area contributed by atoms with Crippen LogP contribution in [0.3, 0.4) is 0 Å². The molecular weight excluding hydrogens is 454 g/mol. The third-order valence-corrected chi connectivity index (χ3v) is 6.39. The summed E-state index contributed by atoms with van der Waals surface area (Å²) in [4.78, 5) is 28.4. The second-order valence-electron chi connectivity index (χ2n) is 9.31. The molecule has 0 bridgehead atoms. The highest BCUT2D eigenvalue weighted by Gasteiger charge is 2.25. The number of aromatic carboxylic acids is 1. The number of hydrogen-bond acceptors (Lipinski definition) is 5. The number of likely N-dealkylation sites (tertiary alicyclic amines) is 1. The van der Waals surface area contributed by atoms with Crippen molar-refractivity contribution in [3.8, 4) is 11.5 Å². The number of hydrogen-bond donors (Lipinski definition) is 2. The first kappa shape index (κ1) is 25.4. The van der Waals surface area contributed by atoms with Crippen LogP contribution >= 0.6 is 0 Å². The van der Waals surface area contributed by atoms with E-state index in [0.717, 1.165) is 61.6 Å². The lowest BCUT2D eigenvalue weighted by Gasteiger charge is -2.37. The number of amides is 1. The normalized spacial score (nSPS) is 16.0. The molecule has 1 aliphatic heterocycles. The highest BCUT2D eigenvalue weighted by Crippen LogP contribution is 2.23. The first-order valence-corrected chi connectivity index (χ1v) is 12.3. The fourth-order valence-electron chi connectivity index (χ4n) is 4.58. The van der Waals surface area contributed by atoms with Crippen LogP contribution < -0.4 is 10.1 Å². The Balaban J connectivity index is 1.27. The van der Waals surface area contributed by atoms with Crippen molar-refractivity contribution in [3.05, 3.63) is 90.0 Å². The molecule has 2 N–H and O–H groups in total. The largest absolute Gasteiger partial charge is 0.478 e. The third-order valence-electron chi connectivity index (χ3n) is 6.39. The van der Waals surface area contributed by atoms with Crippen LogP contribution in [0.25, 0.3) is 0 Å². The van der Waals surface area contributed by atoms with Gasteiger partial charge >= 0.3 is 5.97 Å². The Kier molecular flexibility index (Phi) is 8.71. The maximum atomic E-state index is 12.8. The number of piperidine rings is 1. The summed E-state index contributed by atoms with van der Waals surface area (Å²) in [6, 6.07) is 24.3. The maximum absolute atomic E-state index is 12.8. The van der Waals surface area contributed by atoms with Crippen LogP contribution in [-0.2, 0) is 11.3 Å². The summed E-state index contributed by atoms with van der Waals surface area (Å²) in [7, 11) is 2.07. The summed E-state index contributed by atoms with van der Waals surface area (Å²) >= 11 is 0. The summed E-state index contributed by atoms with van der Waals surface area (Å²) in [5.74, 6) is 0.552. The van der Waals surface area contributed by atoms with E-state index in [9.17, 15) is 9.59 Å². The van der Waals surface area contributed by atoms with Gasteiger partial charge in [-0.2, -0.15) is 0 Å². The van der Waals surface area contributed by atoms with E-state index < -0.39 is 5.97 Å². The highest BCUT2D eigenvalue weighted by atomic mass is 16.5. The van der Waals surface area contributed by atoms with Gasteiger partial charge < -0.3 is 20.1 Å². The minimum atomic E-state index is -0.914. The average molecular weight is 488 g/mol. The minimum Gasteiger partial charge on any atom is -0.478 e. The van der Waals surface area contributed by atoms with Crippen molar-refractivity contribution >= 4 is 17.6 Å². The van der Waals surface area contributed by atoms with E-state index in [4.69, 9.17) is 9.84 Å². The summed E-state index contributed by atoms with van der Waals surface area (Å²) in [5, 5.41) is 12.1. The van der Waals surface area contributed by atoms with Gasteiger partial charge in [0.05, 0.1) is 12.1 Å². The van der Waals surface area contributed by atoms with Crippen molar-refractivity contribution in [2.24, 2.45) is 0 Å². The van der Waals surface area contributed by atoms with Crippen LogP contribution in [0.1, 0.15) is 35.2 Å². The van der Waals surface area contributed by atoms with Gasteiger partial charge in [0.25, 0.3) is 0 Å². The number of carboxylic acid groups (broad SMARTS) is 1. The van der Waals surface area contributed by atoms with Crippen molar-refractivity contribution in [1.82, 2.24) is 9.80 Å². The number of benzene rings is 3. The Bertz CT molecular complexity index is 1130. The SMILES string of the molecule is CN(Cc1ccc(C(=O)O)cc1)CC1CCCCN1CC(=O)Nc1ccc(Oc2ccccc2)cc1. The number of likely N-dealkylation sites (N-methyl/N-ethyl adjacent to an activating group) is 1. The maximum Gasteiger partial charge on any atom is 0.335 e. The molecule has 4 rings (SSSR count). The lowest BCUT2D eigenvalue weighted by Crippen LogP contribution is -2.48. The molecule has 7 nitrogen and oxygen atoms in total. The highest BCUT2D eigenvalue weighted by molar-refractivity contribution is 5.92. The molecule has 3 aromatic carbocycles. The zero-order valence-corrected chi connectivity index (χ0v) is 20.6. The van der Waals surface area contributed by atoms with Gasteiger partial charge in [-0.1, -0.05) is 36.8 Å². The lowest BCUT2D eigenvalue weighted by molar-refractivity contribution is -0.118. The predicted octanol–water partition coefficient (Wildman–Crippen LogP) is 5.10. The van der Waals surface area contributed by atoms with Gasteiger partial charge in [0, 0.05) is 24.8 Å². The number of carbonyl (C=O) groups is 2. The van der Waals surface area contributed by atoms with Crippen molar-refractivity contribution < 1.29 is 19.4 Å². The van der Waals surface area contributed by atoms with Crippen LogP contribution in [0.2, 0.25) is 0 Å². The van der Waals surface area contributed by atoms with E-state index in [1.54, 1.807) is 12.1 Å². The first-order valence-electron chi connectivity index (χ1n) is 12.3. The fourth-order valence-corrected chi connectivity index (χ4v) is 4.58. The number of anilines is 1. The van der Waals surface area contributed by atoms with Crippen LogP contribution in [-0.4, -0.2) is 59.5 Å². The Morgan fingerprint density at radius 1 is 0.972 bits per heavy atom. The number of nitrogens with zero attached hydrogens (tertiary/aromatic N) is 2. The molecule has 188 valence electrons. The molecule has 36 heavy (non-hydrogen) atoms. The zero-order chi connectivity index (χ0) is 25.3. The van der Waals surface area contributed by atoms with E-state index in [-0.39, 0.29) is 5.91 Å². The van der Waals surface area contributed by atoms with Gasteiger partial charge in [0.1, 0.15) is 11.5 Å². The summed E-state index contributed by atoms with van der Waals surface area (Å²) < 4.78 is 5.82. The van der Waals surface area contributed by atoms with E-state index >= 15 is 0 Å². The molecule has 1 amide bonds. The van der Waals surface area contributed by atoms with Crippen LogP contribution in [0.5, 0.6) is 11.5 Å². The molecule has 0 radical (unpaired) electrons. The average Bonchev–Trinajstić information content (AvgIpc) is 2.87. The van der Waals surface area contributed by atoms with E-state index in [0.29, 0.717) is 18.2 Å². The molecule has 0 spiro atoms. The minimum absolute atomic E-state index is 0.0226. The van der Waals surface area contributed by atoms with Gasteiger partial charge in [0.15, 0.2) is 0 Å². The molecular formula is C29H33N3O4. The molecule has 1 aliphatic rings. The third kappa shape index (κ3) is 7.41. The molecule has 3 aromatic rings. The quantitative estimate of drug-likeness (QED) is 0.414. The van der Waals surface area contributed by atoms with Crippen LogP contribution in [0.15, 0.2) is 78.9 Å². The number of para-hydroxylation sites is 1. The Labute approximate surface area is 212 Å². The molecule has 1 atom stereocenters. The summed E-state index contributed by atoms with van der Waals surface area (Å²) in [6.45, 7) is 2.84. The first-order chi connectivity index (χ1) is 17.5. The second-order valence-corrected chi connectivity index (χ2v) is 9.31. The number of nitrogens with one attached hydrogen (secondary N) is 1. The van der Waals surface area contributed by atoms with E-state index in [1.165, 1.54) is 0 Å². The number of carboxylic acids is 1. The van der Waals surface area contributed by atoms with Gasteiger partial charge in [-0.3, -0.25) is 9.69 Å². The molecule has 7 heteroatoms. The zero-order valence-electron chi connectivity index (χ0n) is 20.6. The Morgan fingerprint density at radius 3 is 2.36 bits per heavy atom. The number of carbonyl (C=O) groups excluding carboxylic acids is 1. The molecule has 1 saturated heterocycles. The van der Waals surface area contributed by atoms with Gasteiger partial charge in [-0.05, 0) is 80.5 Å². The smallest absolute Gasteiger partial charge is 0.335 e. The molecule has 0 aliphatic carbocycles. The molecule has 1 fully saturated rings. The molecule has 1 unspecified atom stereocenters. The number of ether oxygens (including phenoxy) is 1. The van der Waals surface area contributed by atoms with Crippen LogP contribution in [0, 0.1) is 0 Å². The van der Waals surface area contributed by atoms with E-state index in [1.807, 2.05) is 66.7 Å². The fraction of sp³-hybridized carbons (Fsp3) is 0.310. The lowest BCUT2D eigenvalue weighted by atomic mass is 10.0. The summed E-state index contributed by atoms with van der Waals surface area (Å²) in [5.41, 5.74) is 2.11. The van der Waals surface area contributed by atoms with Gasteiger partial charge in [-0.15, -0.1) is 0 Å². The Morgan fingerprint density at radius 2 is 1.67 bits per heavy atom. The van der Waals surface area contributed by atoms with Crippen molar-refractivity contribution in [3.63, 3.8) is 0 Å². The van der Waals surface area contributed by atoms with Crippen molar-refractivity contribution in [2.45, 2.75) is 31.8 Å². The van der Waals surface area contributed by atoms with E-state index in [2.05, 4.69) is 22.2 Å². The molecule has 1 heterocycles. The monoisotopic (exact) mass is 487 g/mol. The predicted molar refractivity (Wildman–Crippen MR) is 141 cm³/mol. The van der Waals surface area contributed by atoms with Crippen molar-refractivity contribution in [2.75, 3.05) is 32.0 Å². The molecule has 0 saturated carbocycles. The van der Waals surface area contributed by atoms with Crippen LogP contribution in [0.4, 0.5) is 5.69 Å². The second kappa shape index (κ2) is 12.3. The number of rotatable bonds is 10. The Hall–Kier alpha value is -3.68. The summed E-state index contributed by atoms with van der Waals surface area (Å²) in [6.07, 6.45) is 3.31.